The number of nitrogens with zero attached hydrogens (tertiary/aromatic N) is 1. The molecule has 0 spiro atoms. The summed E-state index contributed by atoms with van der Waals surface area (Å²) in [6, 6.07) is 7.41. The molecule has 1 N–H and O–H groups in total. The van der Waals surface area contributed by atoms with Crippen LogP contribution in [0.4, 0.5) is 18.9 Å². The van der Waals surface area contributed by atoms with E-state index in [2.05, 4.69) is 5.32 Å². The molecule has 2 aromatic carbocycles. The van der Waals surface area contributed by atoms with E-state index in [-0.39, 0.29) is 27.8 Å². The van der Waals surface area contributed by atoms with Crippen LogP contribution < -0.4 is 9.62 Å². The number of amides is 1. The number of hydrogen-bond donors (Lipinski definition) is 1. The molecule has 11 heteroatoms. The second-order valence-electron chi connectivity index (χ2n) is 6.25. The van der Waals surface area contributed by atoms with Gasteiger partial charge in [0.2, 0.25) is 15.9 Å². The molecule has 158 valence electrons. The standard InChI is InChI=1S/C18H17Cl2F3N2O3S/c1-11(25(29(2,27)28)16-9-14(19)6-7-15(16)20)17(26)24-10-12-4-3-5-13(8-12)18(21,22)23/h3-9,11H,10H2,1-2H3,(H,24,26)/t11-/m0/s1. The minimum Gasteiger partial charge on any atom is -0.350 e. The Kier molecular flexibility index (Phi) is 7.08. The zero-order valence-electron chi connectivity index (χ0n) is 15.3. The van der Waals surface area contributed by atoms with Gasteiger partial charge >= 0.3 is 6.18 Å². The normalized spacial score (nSPS) is 13.1. The van der Waals surface area contributed by atoms with Crippen LogP contribution >= 0.6 is 23.2 Å². The summed E-state index contributed by atoms with van der Waals surface area (Å²) in [6.07, 6.45) is -3.61. The first-order valence-electron chi connectivity index (χ1n) is 8.19. The third kappa shape index (κ3) is 6.01. The third-order valence-corrected chi connectivity index (χ3v) is 5.74. The molecule has 0 aliphatic heterocycles. The minimum atomic E-state index is -4.51. The van der Waals surface area contributed by atoms with E-state index in [1.165, 1.54) is 37.3 Å². The summed E-state index contributed by atoms with van der Waals surface area (Å²) in [5, 5.41) is 2.73. The van der Waals surface area contributed by atoms with E-state index in [9.17, 15) is 26.4 Å². The summed E-state index contributed by atoms with van der Waals surface area (Å²) in [4.78, 5) is 12.5. The van der Waals surface area contributed by atoms with Gasteiger partial charge in [-0.2, -0.15) is 13.2 Å². The molecule has 0 fully saturated rings. The SMILES string of the molecule is C[C@@H](C(=O)NCc1cccc(C(F)(F)F)c1)N(c1cc(Cl)ccc1Cl)S(C)(=O)=O. The van der Waals surface area contributed by atoms with Crippen molar-refractivity contribution in [2.75, 3.05) is 10.6 Å². The van der Waals surface area contributed by atoms with Crippen LogP contribution in [0.5, 0.6) is 0 Å². The van der Waals surface area contributed by atoms with Crippen molar-refractivity contribution >= 4 is 44.8 Å². The van der Waals surface area contributed by atoms with E-state index < -0.39 is 33.7 Å². The van der Waals surface area contributed by atoms with Gasteiger partial charge in [0.05, 0.1) is 22.5 Å². The number of nitrogens with one attached hydrogen (secondary N) is 1. The number of hydrogen-bond acceptors (Lipinski definition) is 3. The molecule has 0 heterocycles. The van der Waals surface area contributed by atoms with Crippen LogP contribution in [0.3, 0.4) is 0 Å². The fraction of sp³-hybridized carbons (Fsp3) is 0.278. The van der Waals surface area contributed by atoms with E-state index in [0.29, 0.717) is 0 Å². The van der Waals surface area contributed by atoms with Gasteiger partial charge in [-0.05, 0) is 42.8 Å². The molecule has 0 saturated heterocycles. The topological polar surface area (TPSA) is 66.5 Å². The predicted molar refractivity (Wildman–Crippen MR) is 107 cm³/mol. The van der Waals surface area contributed by atoms with Crippen LogP contribution in [0.1, 0.15) is 18.1 Å². The number of halogens is 5. The van der Waals surface area contributed by atoms with Crippen molar-refractivity contribution in [2.24, 2.45) is 0 Å². The Morgan fingerprint density at radius 1 is 1.17 bits per heavy atom. The lowest BCUT2D eigenvalue weighted by Crippen LogP contribution is -2.47. The highest BCUT2D eigenvalue weighted by Gasteiger charge is 2.32. The van der Waals surface area contributed by atoms with E-state index in [0.717, 1.165) is 22.7 Å². The lowest BCUT2D eigenvalue weighted by atomic mass is 10.1. The average molecular weight is 469 g/mol. The molecule has 0 saturated carbocycles. The summed E-state index contributed by atoms with van der Waals surface area (Å²) >= 11 is 12.0. The Labute approximate surface area is 176 Å². The van der Waals surface area contributed by atoms with E-state index in [4.69, 9.17) is 23.2 Å². The van der Waals surface area contributed by atoms with Crippen LogP contribution in [-0.4, -0.2) is 26.6 Å². The first-order valence-corrected chi connectivity index (χ1v) is 10.8. The summed E-state index contributed by atoms with van der Waals surface area (Å²) in [6.45, 7) is 1.12. The molecule has 1 amide bonds. The molecule has 2 aromatic rings. The van der Waals surface area contributed by atoms with Crippen molar-refractivity contribution in [3.05, 3.63) is 63.6 Å². The van der Waals surface area contributed by atoms with Gasteiger partial charge in [-0.3, -0.25) is 9.10 Å². The van der Waals surface area contributed by atoms with Crippen LogP contribution in [0.25, 0.3) is 0 Å². The van der Waals surface area contributed by atoms with Gasteiger partial charge in [-0.25, -0.2) is 8.42 Å². The summed E-state index contributed by atoms with van der Waals surface area (Å²) in [5.74, 6) is -0.719. The molecular weight excluding hydrogens is 452 g/mol. The Bertz CT molecular complexity index is 1010. The number of alkyl halides is 3. The summed E-state index contributed by atoms with van der Waals surface area (Å²) < 4.78 is 63.8. The Balaban J connectivity index is 2.24. The van der Waals surface area contributed by atoms with Crippen LogP contribution in [-0.2, 0) is 27.5 Å². The zero-order valence-corrected chi connectivity index (χ0v) is 17.6. The molecule has 0 aliphatic rings. The fourth-order valence-electron chi connectivity index (χ4n) is 2.63. The third-order valence-electron chi connectivity index (χ3n) is 3.96. The second-order valence-corrected chi connectivity index (χ2v) is 8.95. The lowest BCUT2D eigenvalue weighted by molar-refractivity contribution is -0.137. The molecule has 0 bridgehead atoms. The molecule has 2 rings (SSSR count). The largest absolute Gasteiger partial charge is 0.416 e. The number of rotatable bonds is 6. The first-order chi connectivity index (χ1) is 13.3. The van der Waals surface area contributed by atoms with Gasteiger partial charge in [0, 0.05) is 11.6 Å². The predicted octanol–water partition coefficient (Wildman–Crippen LogP) is 4.48. The number of anilines is 1. The van der Waals surface area contributed by atoms with Crippen molar-refractivity contribution in [1.29, 1.82) is 0 Å². The van der Waals surface area contributed by atoms with Crippen molar-refractivity contribution in [3.63, 3.8) is 0 Å². The zero-order chi connectivity index (χ0) is 22.0. The van der Waals surface area contributed by atoms with Crippen molar-refractivity contribution < 1.29 is 26.4 Å². The van der Waals surface area contributed by atoms with Gasteiger partial charge in [0.1, 0.15) is 6.04 Å². The monoisotopic (exact) mass is 468 g/mol. The van der Waals surface area contributed by atoms with Gasteiger partial charge in [-0.1, -0.05) is 35.3 Å². The maximum Gasteiger partial charge on any atom is 0.416 e. The van der Waals surface area contributed by atoms with Crippen LogP contribution in [0.15, 0.2) is 42.5 Å². The van der Waals surface area contributed by atoms with Gasteiger partial charge in [0.25, 0.3) is 0 Å². The van der Waals surface area contributed by atoms with Crippen molar-refractivity contribution in [2.45, 2.75) is 25.7 Å². The van der Waals surface area contributed by atoms with E-state index in [1.54, 1.807) is 0 Å². The highest BCUT2D eigenvalue weighted by atomic mass is 35.5. The Morgan fingerprint density at radius 2 is 1.83 bits per heavy atom. The van der Waals surface area contributed by atoms with E-state index in [1.807, 2.05) is 0 Å². The van der Waals surface area contributed by atoms with Crippen molar-refractivity contribution in [1.82, 2.24) is 5.32 Å². The molecule has 1 atom stereocenters. The van der Waals surface area contributed by atoms with Gasteiger partial charge in [-0.15, -0.1) is 0 Å². The van der Waals surface area contributed by atoms with Crippen LogP contribution in [0.2, 0.25) is 10.0 Å². The van der Waals surface area contributed by atoms with E-state index >= 15 is 0 Å². The summed E-state index contributed by atoms with van der Waals surface area (Å²) in [5.41, 5.74) is -0.615. The Morgan fingerprint density at radius 3 is 2.41 bits per heavy atom. The smallest absolute Gasteiger partial charge is 0.350 e. The van der Waals surface area contributed by atoms with Gasteiger partial charge in [0.15, 0.2) is 0 Å². The lowest BCUT2D eigenvalue weighted by Gasteiger charge is -2.29. The number of benzene rings is 2. The number of carbonyl (C=O) groups is 1. The molecule has 0 unspecified atom stereocenters. The highest BCUT2D eigenvalue weighted by molar-refractivity contribution is 7.92. The average Bonchev–Trinajstić information content (AvgIpc) is 2.61. The maximum atomic E-state index is 12.8. The highest BCUT2D eigenvalue weighted by Crippen LogP contribution is 2.32. The molecule has 0 radical (unpaired) electrons. The maximum absolute atomic E-state index is 12.8. The number of sulfonamides is 1. The minimum absolute atomic E-state index is 0.0170. The van der Waals surface area contributed by atoms with Gasteiger partial charge < -0.3 is 5.32 Å². The van der Waals surface area contributed by atoms with Crippen LogP contribution in [0, 0.1) is 0 Å². The first kappa shape index (κ1) is 23.3. The molecule has 0 aliphatic carbocycles. The fourth-order valence-corrected chi connectivity index (χ4v) is 4.23. The number of carbonyl (C=O) groups excluding carboxylic acids is 1. The quantitative estimate of drug-likeness (QED) is 0.679. The Hall–Kier alpha value is -1.97. The molecular formula is C18H17Cl2F3N2O3S. The molecule has 29 heavy (non-hydrogen) atoms. The summed E-state index contributed by atoms with van der Waals surface area (Å²) in [7, 11) is -3.93. The second kappa shape index (κ2) is 8.81. The molecule has 0 aromatic heterocycles. The molecule has 5 nitrogen and oxygen atoms in total. The van der Waals surface area contributed by atoms with Crippen molar-refractivity contribution in [3.8, 4) is 0 Å².